The molecule has 1 aromatic rings. The third-order valence-corrected chi connectivity index (χ3v) is 4.41. The quantitative estimate of drug-likeness (QED) is 0.722. The summed E-state index contributed by atoms with van der Waals surface area (Å²) in [6.45, 7) is 6.32. The topological polar surface area (TPSA) is 12.0 Å². The largest absolute Gasteiger partial charge is 0.416 e. The molecule has 1 saturated carbocycles. The standard InChI is InChI=1S/C17H24F3N/c1-3-10-21-12-16(2,14-8-9-14)11-13-4-6-15(7-5-13)17(18,19)20/h4-7,14,21H,3,8-12H2,1-2H3. The van der Waals surface area contributed by atoms with E-state index < -0.39 is 11.7 Å². The van der Waals surface area contributed by atoms with E-state index in [1.54, 1.807) is 12.1 Å². The molecule has 118 valence electrons. The lowest BCUT2D eigenvalue weighted by atomic mass is 9.78. The maximum Gasteiger partial charge on any atom is 0.416 e. The average Bonchev–Trinajstić information content (AvgIpc) is 3.23. The molecule has 4 heteroatoms. The highest BCUT2D eigenvalue weighted by Crippen LogP contribution is 2.47. The highest BCUT2D eigenvalue weighted by Gasteiger charge is 2.41. The van der Waals surface area contributed by atoms with Gasteiger partial charge in [-0.25, -0.2) is 0 Å². The summed E-state index contributed by atoms with van der Waals surface area (Å²) in [6, 6.07) is 5.65. The van der Waals surface area contributed by atoms with Crippen LogP contribution < -0.4 is 5.32 Å². The molecule has 0 aliphatic heterocycles. The normalized spacial score (nSPS) is 18.5. The predicted molar refractivity (Wildman–Crippen MR) is 79.1 cm³/mol. The Balaban J connectivity index is 2.03. The molecular weight excluding hydrogens is 275 g/mol. The van der Waals surface area contributed by atoms with Crippen molar-refractivity contribution in [3.8, 4) is 0 Å². The maximum atomic E-state index is 12.6. The SMILES string of the molecule is CCCNCC(C)(Cc1ccc(C(F)(F)F)cc1)C1CC1. The molecule has 0 bridgehead atoms. The molecule has 1 nitrogen and oxygen atoms in total. The first-order valence-electron chi connectivity index (χ1n) is 7.72. The number of hydrogen-bond acceptors (Lipinski definition) is 1. The second-order valence-corrected chi connectivity index (χ2v) is 6.48. The highest BCUT2D eigenvalue weighted by molar-refractivity contribution is 5.25. The summed E-state index contributed by atoms with van der Waals surface area (Å²) in [5, 5.41) is 3.47. The van der Waals surface area contributed by atoms with Gasteiger partial charge in [0.05, 0.1) is 5.56 Å². The van der Waals surface area contributed by atoms with Gasteiger partial charge >= 0.3 is 6.18 Å². The molecule has 1 unspecified atom stereocenters. The van der Waals surface area contributed by atoms with E-state index >= 15 is 0 Å². The van der Waals surface area contributed by atoms with Crippen molar-refractivity contribution in [1.29, 1.82) is 0 Å². The summed E-state index contributed by atoms with van der Waals surface area (Å²) in [5.41, 5.74) is 0.578. The number of rotatable bonds is 7. The first-order chi connectivity index (χ1) is 9.85. The number of hydrogen-bond donors (Lipinski definition) is 1. The molecule has 0 spiro atoms. The Morgan fingerprint density at radius 2 is 1.76 bits per heavy atom. The summed E-state index contributed by atoms with van der Waals surface area (Å²) in [6.07, 6.45) is 0.171. The minimum atomic E-state index is -4.25. The summed E-state index contributed by atoms with van der Waals surface area (Å²) >= 11 is 0. The van der Waals surface area contributed by atoms with E-state index in [1.165, 1.54) is 25.0 Å². The van der Waals surface area contributed by atoms with Gasteiger partial charge in [0.25, 0.3) is 0 Å². The van der Waals surface area contributed by atoms with Crippen LogP contribution in [0.2, 0.25) is 0 Å². The van der Waals surface area contributed by atoms with Crippen LogP contribution in [0.25, 0.3) is 0 Å². The van der Waals surface area contributed by atoms with Gasteiger partial charge < -0.3 is 5.32 Å². The van der Waals surface area contributed by atoms with Gasteiger partial charge in [0, 0.05) is 6.54 Å². The Bertz CT molecular complexity index is 448. The van der Waals surface area contributed by atoms with Crippen LogP contribution in [0, 0.1) is 11.3 Å². The second kappa shape index (κ2) is 6.39. The van der Waals surface area contributed by atoms with Crippen molar-refractivity contribution in [1.82, 2.24) is 5.32 Å². The van der Waals surface area contributed by atoms with Crippen molar-refractivity contribution < 1.29 is 13.2 Å². The van der Waals surface area contributed by atoms with Gasteiger partial charge in [-0.15, -0.1) is 0 Å². The number of benzene rings is 1. The van der Waals surface area contributed by atoms with Crippen LogP contribution in [0.4, 0.5) is 13.2 Å². The number of nitrogens with one attached hydrogen (secondary N) is 1. The Labute approximate surface area is 124 Å². The van der Waals surface area contributed by atoms with E-state index in [9.17, 15) is 13.2 Å². The van der Waals surface area contributed by atoms with E-state index in [-0.39, 0.29) is 5.41 Å². The van der Waals surface area contributed by atoms with Crippen molar-refractivity contribution in [2.75, 3.05) is 13.1 Å². The lowest BCUT2D eigenvalue weighted by Crippen LogP contribution is -2.36. The van der Waals surface area contributed by atoms with Crippen molar-refractivity contribution in [2.24, 2.45) is 11.3 Å². The van der Waals surface area contributed by atoms with Gasteiger partial charge in [-0.1, -0.05) is 26.0 Å². The third kappa shape index (κ3) is 4.47. The van der Waals surface area contributed by atoms with Crippen LogP contribution >= 0.6 is 0 Å². The van der Waals surface area contributed by atoms with E-state index in [0.29, 0.717) is 5.92 Å². The summed E-state index contributed by atoms with van der Waals surface area (Å²) in [4.78, 5) is 0. The molecule has 1 aliphatic rings. The number of halogens is 3. The van der Waals surface area contributed by atoms with Gasteiger partial charge in [-0.3, -0.25) is 0 Å². The lowest BCUT2D eigenvalue weighted by molar-refractivity contribution is -0.137. The Kier molecular flexibility index (Phi) is 4.97. The van der Waals surface area contributed by atoms with Gasteiger partial charge in [0.1, 0.15) is 0 Å². The van der Waals surface area contributed by atoms with Crippen LogP contribution in [0.3, 0.4) is 0 Å². The molecule has 1 aromatic carbocycles. The fourth-order valence-corrected chi connectivity index (χ4v) is 2.96. The summed E-state index contributed by atoms with van der Waals surface area (Å²) in [7, 11) is 0. The molecular formula is C17H24F3N. The third-order valence-electron chi connectivity index (χ3n) is 4.41. The van der Waals surface area contributed by atoms with Crippen molar-refractivity contribution in [3.63, 3.8) is 0 Å². The van der Waals surface area contributed by atoms with Crippen LogP contribution in [0.15, 0.2) is 24.3 Å². The molecule has 1 N–H and O–H groups in total. The minimum Gasteiger partial charge on any atom is -0.316 e. The van der Waals surface area contributed by atoms with E-state index in [1.807, 2.05) is 0 Å². The molecule has 0 saturated heterocycles. The first kappa shape index (κ1) is 16.3. The highest BCUT2D eigenvalue weighted by atomic mass is 19.4. The molecule has 0 aromatic heterocycles. The Hall–Kier alpha value is -1.03. The van der Waals surface area contributed by atoms with Crippen LogP contribution in [0.5, 0.6) is 0 Å². The predicted octanol–water partition coefficient (Wildman–Crippen LogP) is 4.66. The molecule has 0 amide bonds. The monoisotopic (exact) mass is 299 g/mol. The molecule has 1 aliphatic carbocycles. The van der Waals surface area contributed by atoms with Gasteiger partial charge in [-0.05, 0) is 61.3 Å². The number of alkyl halides is 3. The van der Waals surface area contributed by atoms with E-state index in [2.05, 4.69) is 19.2 Å². The van der Waals surface area contributed by atoms with Gasteiger partial charge in [0.2, 0.25) is 0 Å². The first-order valence-corrected chi connectivity index (χ1v) is 7.72. The van der Waals surface area contributed by atoms with Crippen molar-refractivity contribution in [2.45, 2.75) is 45.7 Å². The Morgan fingerprint density at radius 1 is 1.14 bits per heavy atom. The summed E-state index contributed by atoms with van der Waals surface area (Å²) in [5.74, 6) is 0.698. The molecule has 21 heavy (non-hydrogen) atoms. The van der Waals surface area contributed by atoms with Crippen LogP contribution in [-0.4, -0.2) is 13.1 Å². The maximum absolute atomic E-state index is 12.6. The van der Waals surface area contributed by atoms with E-state index in [4.69, 9.17) is 0 Å². The molecule has 0 radical (unpaired) electrons. The zero-order valence-electron chi connectivity index (χ0n) is 12.8. The van der Waals surface area contributed by atoms with Gasteiger partial charge in [-0.2, -0.15) is 13.2 Å². The minimum absolute atomic E-state index is 0.148. The molecule has 1 fully saturated rings. The fourth-order valence-electron chi connectivity index (χ4n) is 2.96. The fraction of sp³-hybridized carbons (Fsp3) is 0.647. The lowest BCUT2D eigenvalue weighted by Gasteiger charge is -2.30. The van der Waals surface area contributed by atoms with E-state index in [0.717, 1.165) is 31.5 Å². The van der Waals surface area contributed by atoms with Gasteiger partial charge in [0.15, 0.2) is 0 Å². The zero-order chi connectivity index (χ0) is 15.5. The van der Waals surface area contributed by atoms with Crippen molar-refractivity contribution in [3.05, 3.63) is 35.4 Å². The molecule has 0 heterocycles. The Morgan fingerprint density at radius 3 is 2.24 bits per heavy atom. The average molecular weight is 299 g/mol. The second-order valence-electron chi connectivity index (χ2n) is 6.48. The summed E-state index contributed by atoms with van der Waals surface area (Å²) < 4.78 is 37.8. The zero-order valence-corrected chi connectivity index (χ0v) is 12.8. The van der Waals surface area contributed by atoms with Crippen LogP contribution in [-0.2, 0) is 12.6 Å². The molecule has 2 rings (SSSR count). The smallest absolute Gasteiger partial charge is 0.316 e. The molecule has 1 atom stereocenters. The van der Waals surface area contributed by atoms with Crippen molar-refractivity contribution >= 4 is 0 Å². The van der Waals surface area contributed by atoms with Crippen LogP contribution in [0.1, 0.15) is 44.2 Å².